The van der Waals surface area contributed by atoms with Crippen molar-refractivity contribution in [3.8, 4) is 0 Å². The average Bonchev–Trinajstić information content (AvgIpc) is 2.64. The third kappa shape index (κ3) is 4.96. The van der Waals surface area contributed by atoms with Crippen LogP contribution in [0.15, 0.2) is 48.6 Å². The molecule has 0 radical (unpaired) electrons. The zero-order valence-electron chi connectivity index (χ0n) is 14.9. The van der Waals surface area contributed by atoms with Crippen LogP contribution in [0.3, 0.4) is 0 Å². The van der Waals surface area contributed by atoms with Crippen molar-refractivity contribution in [3.63, 3.8) is 0 Å². The molecular formula is C18H16Cl2F8OS. The van der Waals surface area contributed by atoms with E-state index in [0.29, 0.717) is 0 Å². The molecule has 0 aromatic heterocycles. The van der Waals surface area contributed by atoms with Crippen molar-refractivity contribution in [1.82, 2.24) is 0 Å². The number of hydrogen-bond acceptors (Lipinski definition) is 1. The minimum absolute atomic E-state index is 0.996. The van der Waals surface area contributed by atoms with Gasteiger partial charge in [0.2, 0.25) is 0 Å². The van der Waals surface area contributed by atoms with Crippen molar-refractivity contribution in [3.05, 3.63) is 48.6 Å². The molecule has 4 unspecified atom stereocenters. The van der Waals surface area contributed by atoms with Gasteiger partial charge in [-0.1, -0.05) is 71.8 Å². The molecule has 0 aromatic carbocycles. The van der Waals surface area contributed by atoms with Gasteiger partial charge < -0.3 is 0 Å². The van der Waals surface area contributed by atoms with Gasteiger partial charge in [-0.2, -0.15) is 0 Å². The second-order valence-electron chi connectivity index (χ2n) is 6.90. The predicted molar refractivity (Wildman–Crippen MR) is 100.0 cm³/mol. The molecule has 1 nitrogen and oxygen atoms in total. The van der Waals surface area contributed by atoms with Crippen molar-refractivity contribution in [2.75, 3.05) is 0 Å². The molecule has 0 saturated carbocycles. The van der Waals surface area contributed by atoms with Crippen molar-refractivity contribution >= 4 is 34.0 Å². The zero-order chi connectivity index (χ0) is 23.0. The zero-order valence-corrected chi connectivity index (χ0v) is 17.3. The van der Waals surface area contributed by atoms with Crippen LogP contribution in [0.5, 0.6) is 0 Å². The van der Waals surface area contributed by atoms with Crippen LogP contribution in [0.25, 0.3) is 0 Å². The Morgan fingerprint density at radius 2 is 1.10 bits per heavy atom. The lowest BCUT2D eigenvalue weighted by atomic mass is 9.92. The first-order valence-corrected chi connectivity index (χ1v) is 10.4. The van der Waals surface area contributed by atoms with Gasteiger partial charge in [0.15, 0.2) is 0 Å². The van der Waals surface area contributed by atoms with E-state index in [2.05, 4.69) is 0 Å². The van der Waals surface area contributed by atoms with Gasteiger partial charge in [-0.05, 0) is 0 Å². The molecule has 2 aliphatic rings. The topological polar surface area (TPSA) is 17.1 Å². The Kier molecular flexibility index (Phi) is 7.56. The quantitative estimate of drug-likeness (QED) is 0.267. The maximum Gasteiger partial charge on any atom is 0.308 e. The molecule has 2 aliphatic carbocycles. The molecule has 0 N–H and O–H groups in total. The highest BCUT2D eigenvalue weighted by atomic mass is 35.5. The lowest BCUT2D eigenvalue weighted by molar-refractivity contribution is -0.138. The fraction of sp³-hybridized carbons (Fsp3) is 0.556. The van der Waals surface area contributed by atoms with Crippen molar-refractivity contribution in [2.24, 2.45) is 11.8 Å². The maximum atomic E-state index is 13.7. The number of hydrogen-bond donors (Lipinski definition) is 0. The molecule has 12 heteroatoms. The first-order chi connectivity index (χ1) is 13.7. The standard InChI is InChI=1S/C18H16Cl2F8OS/c19-15(7-3-1-5-11(15)9-17(25,26)13(21)22)30(29)16(20)8-4-2-6-12(16)10-18(27,28)14(23)24/h1-8,11-14H,9-10H2. The SMILES string of the molecule is O=S(C1(Cl)C=CC=CC1CC(F)(F)C(F)F)C1(Cl)C=CC=CC1CC(F)(F)C(F)F. The molecule has 30 heavy (non-hydrogen) atoms. The van der Waals surface area contributed by atoms with E-state index in [1.165, 1.54) is 24.3 Å². The van der Waals surface area contributed by atoms with Gasteiger partial charge in [-0.25, -0.2) is 35.1 Å². The normalized spacial score (nSPS) is 32.9. The van der Waals surface area contributed by atoms with Gasteiger partial charge in [-0.15, -0.1) is 0 Å². The Hall–Kier alpha value is -0.870. The molecular weight excluding hydrogens is 487 g/mol. The van der Waals surface area contributed by atoms with E-state index < -0.39 is 68.6 Å². The van der Waals surface area contributed by atoms with Crippen LogP contribution in [-0.4, -0.2) is 37.3 Å². The summed E-state index contributed by atoms with van der Waals surface area (Å²) in [6.07, 6.45) is -2.09. The van der Waals surface area contributed by atoms with E-state index in [9.17, 15) is 39.3 Å². The first kappa shape index (κ1) is 25.4. The van der Waals surface area contributed by atoms with Gasteiger partial charge in [0.25, 0.3) is 0 Å². The predicted octanol–water partition coefficient (Wildman–Crippen LogP) is 6.67. The Morgan fingerprint density at radius 1 is 0.767 bits per heavy atom. The maximum absolute atomic E-state index is 13.7. The number of alkyl halides is 10. The second-order valence-corrected chi connectivity index (χ2v) is 10.5. The molecule has 0 bridgehead atoms. The van der Waals surface area contributed by atoms with E-state index in [4.69, 9.17) is 23.2 Å². The molecule has 0 heterocycles. The second kappa shape index (κ2) is 8.94. The highest BCUT2D eigenvalue weighted by Crippen LogP contribution is 2.51. The molecule has 0 aromatic rings. The molecule has 0 spiro atoms. The largest absolute Gasteiger partial charge is 0.308 e. The molecule has 0 amide bonds. The fourth-order valence-electron chi connectivity index (χ4n) is 3.10. The summed E-state index contributed by atoms with van der Waals surface area (Å²) >= 11 is 12.7. The van der Waals surface area contributed by atoms with Crippen LogP contribution in [-0.2, 0) is 10.8 Å². The molecule has 0 aliphatic heterocycles. The van der Waals surface area contributed by atoms with Crippen LogP contribution < -0.4 is 0 Å². The summed E-state index contributed by atoms with van der Waals surface area (Å²) in [7, 11) is -2.68. The van der Waals surface area contributed by atoms with Gasteiger partial charge >= 0.3 is 24.7 Å². The molecule has 2 rings (SSSR count). The number of rotatable bonds is 8. The van der Waals surface area contributed by atoms with Gasteiger partial charge in [0.1, 0.15) is 8.41 Å². The lowest BCUT2D eigenvalue weighted by Crippen LogP contribution is -2.50. The Morgan fingerprint density at radius 3 is 1.40 bits per heavy atom. The fourth-order valence-corrected chi connectivity index (χ4v) is 6.18. The summed E-state index contributed by atoms with van der Waals surface area (Å²) in [4.78, 5) is 0. The van der Waals surface area contributed by atoms with Crippen LogP contribution >= 0.6 is 23.2 Å². The molecule has 170 valence electrons. The van der Waals surface area contributed by atoms with Crippen LogP contribution in [0.1, 0.15) is 12.8 Å². The van der Waals surface area contributed by atoms with Gasteiger partial charge in [-0.3, -0.25) is 4.21 Å². The van der Waals surface area contributed by atoms with Crippen molar-refractivity contribution in [1.29, 1.82) is 0 Å². The van der Waals surface area contributed by atoms with Crippen molar-refractivity contribution in [2.45, 2.75) is 45.9 Å². The van der Waals surface area contributed by atoms with Gasteiger partial charge in [0, 0.05) is 24.7 Å². The summed E-state index contributed by atoms with van der Waals surface area (Å²) in [5, 5.41) is 0. The summed E-state index contributed by atoms with van der Waals surface area (Å²) in [5.41, 5.74) is 0. The highest BCUT2D eigenvalue weighted by Gasteiger charge is 2.57. The monoisotopic (exact) mass is 502 g/mol. The summed E-state index contributed by atoms with van der Waals surface area (Å²) in [5.74, 6) is -12.2. The highest BCUT2D eigenvalue weighted by molar-refractivity contribution is 7.91. The smallest absolute Gasteiger partial charge is 0.255 e. The van der Waals surface area contributed by atoms with E-state index in [-0.39, 0.29) is 0 Å². The number of allylic oxidation sites excluding steroid dienone is 6. The summed E-state index contributed by atoms with van der Waals surface area (Å²) in [6, 6.07) is 0. The summed E-state index contributed by atoms with van der Waals surface area (Å²) in [6.45, 7) is 0. The van der Waals surface area contributed by atoms with Crippen LogP contribution in [0, 0.1) is 11.8 Å². The van der Waals surface area contributed by atoms with E-state index in [1.807, 2.05) is 0 Å². The lowest BCUT2D eigenvalue weighted by Gasteiger charge is -2.42. The van der Waals surface area contributed by atoms with Crippen LogP contribution in [0.2, 0.25) is 0 Å². The Labute approximate surface area is 179 Å². The molecule has 0 saturated heterocycles. The molecule has 4 atom stereocenters. The Balaban J connectivity index is 2.41. The minimum atomic E-state index is -4.48. The number of halogens is 10. The average molecular weight is 503 g/mol. The van der Waals surface area contributed by atoms with Crippen molar-refractivity contribution < 1.29 is 39.3 Å². The van der Waals surface area contributed by atoms with E-state index in [0.717, 1.165) is 24.3 Å². The van der Waals surface area contributed by atoms with Crippen LogP contribution in [0.4, 0.5) is 35.1 Å². The first-order valence-electron chi connectivity index (χ1n) is 8.50. The third-order valence-corrected chi connectivity index (χ3v) is 8.43. The Bertz CT molecular complexity index is 720. The minimum Gasteiger partial charge on any atom is -0.255 e. The molecule has 0 fully saturated rings. The van der Waals surface area contributed by atoms with E-state index >= 15 is 0 Å². The van der Waals surface area contributed by atoms with Gasteiger partial charge in [0.05, 0.1) is 10.8 Å². The van der Waals surface area contributed by atoms with E-state index in [1.54, 1.807) is 0 Å². The summed E-state index contributed by atoms with van der Waals surface area (Å²) < 4.78 is 114. The third-order valence-electron chi connectivity index (χ3n) is 4.76.